The Hall–Kier alpha value is -7.06. The Balaban J connectivity index is 1.24. The summed E-state index contributed by atoms with van der Waals surface area (Å²) in [7, 11) is 0. The number of hydrogen-bond acceptors (Lipinski definition) is 16. The van der Waals surface area contributed by atoms with E-state index >= 15 is 4.79 Å². The summed E-state index contributed by atoms with van der Waals surface area (Å²) in [6, 6.07) is 20.9. The summed E-state index contributed by atoms with van der Waals surface area (Å²) in [6.45, 7) is 4.50. The van der Waals surface area contributed by atoms with Gasteiger partial charge >= 0.3 is 6.09 Å². The maximum Gasteiger partial charge on any atom is 0.416 e. The third kappa shape index (κ3) is 10.7. The molecule has 3 heterocycles. The molecule has 380 valence electrons. The summed E-state index contributed by atoms with van der Waals surface area (Å²) >= 11 is 0. The number of carbonyl (C=O) groups excluding carboxylic acids is 1. The van der Waals surface area contributed by atoms with Crippen molar-refractivity contribution in [1.82, 2.24) is 4.90 Å². The van der Waals surface area contributed by atoms with Gasteiger partial charge in [-0.15, -0.1) is 6.58 Å². The second-order valence-electron chi connectivity index (χ2n) is 18.5. The monoisotopic (exact) mass is 990 g/mol. The second kappa shape index (κ2) is 22.6. The van der Waals surface area contributed by atoms with Gasteiger partial charge in [0.05, 0.1) is 40.8 Å². The number of carbonyl (C=O) groups is 1. The van der Waals surface area contributed by atoms with Crippen LogP contribution in [0.1, 0.15) is 81.3 Å². The van der Waals surface area contributed by atoms with Crippen LogP contribution in [0.4, 0.5) is 16.2 Å². The molecule has 1 saturated carbocycles. The Morgan fingerprint density at radius 2 is 1.61 bits per heavy atom. The molecule has 4 aromatic carbocycles. The van der Waals surface area contributed by atoms with E-state index in [0.29, 0.717) is 79.4 Å². The van der Waals surface area contributed by atoms with Gasteiger partial charge in [0, 0.05) is 62.3 Å². The third-order valence-corrected chi connectivity index (χ3v) is 14.0. The lowest BCUT2D eigenvalue weighted by molar-refractivity contribution is -0.385. The Labute approximate surface area is 415 Å². The topological polar surface area (TPSA) is 233 Å². The summed E-state index contributed by atoms with van der Waals surface area (Å²) in [6.07, 6.45) is 8.72. The van der Waals surface area contributed by atoms with E-state index in [-0.39, 0.29) is 74.3 Å². The second-order valence-corrected chi connectivity index (χ2v) is 18.5. The van der Waals surface area contributed by atoms with Gasteiger partial charge in [0.15, 0.2) is 11.5 Å². The van der Waals surface area contributed by atoms with Crippen LogP contribution >= 0.6 is 0 Å². The van der Waals surface area contributed by atoms with Crippen LogP contribution in [0.15, 0.2) is 114 Å². The van der Waals surface area contributed by atoms with E-state index in [1.54, 1.807) is 42.5 Å². The molecular formula is C53H58N4O15. The third-order valence-electron chi connectivity index (χ3n) is 14.0. The molecule has 19 nitrogen and oxygen atoms in total. The van der Waals surface area contributed by atoms with E-state index in [2.05, 4.69) is 12.7 Å². The van der Waals surface area contributed by atoms with Gasteiger partial charge < -0.3 is 48.2 Å². The zero-order valence-electron chi connectivity index (χ0n) is 39.7. The Bertz CT molecular complexity index is 2670. The molecule has 7 unspecified atom stereocenters. The predicted octanol–water partition coefficient (Wildman–Crippen LogP) is 9.89. The normalized spacial score (nSPS) is 24.2. The van der Waals surface area contributed by atoms with Gasteiger partial charge in [-0.3, -0.25) is 25.1 Å². The summed E-state index contributed by atoms with van der Waals surface area (Å²) in [4.78, 5) is 45.4. The molecule has 2 aliphatic carbocycles. The highest BCUT2D eigenvalue weighted by atomic mass is 16.8. The minimum atomic E-state index is -1.70. The highest BCUT2D eigenvalue weighted by Crippen LogP contribution is 2.62. The molecule has 0 radical (unpaired) electrons. The molecule has 9 rings (SSSR count). The van der Waals surface area contributed by atoms with Crippen molar-refractivity contribution >= 4 is 23.2 Å². The number of rotatable bonds is 21. The first kappa shape index (κ1) is 49.9. The van der Waals surface area contributed by atoms with E-state index < -0.39 is 45.9 Å². The number of fused-ring (bicyclic) bond motifs is 3. The van der Waals surface area contributed by atoms with Crippen LogP contribution in [-0.4, -0.2) is 88.1 Å². The lowest BCUT2D eigenvalue weighted by Crippen LogP contribution is -2.70. The molecule has 0 bridgehead atoms. The van der Waals surface area contributed by atoms with Gasteiger partial charge in [0.25, 0.3) is 11.4 Å². The standard InChI is InChI=1S/C53H58N4O15/c1-2-25-68-53-48(55(32-34-15-21-46-47(27-34)67-33-66-46)52(60)70-38-18-16-36(17-19-38)56(61)62)31-44(54-72-49-14-5-8-26-65-49)42-28-35(10-3-6-23-58)41(13-4-7-24-59)50(51(42)53)43-30-40(20-22-45(43)71-53)69-39-12-9-11-37(29-39)57(63)64/h2,9,11-12,15-22,27-30,35,41,48-51,58-59H,1,3-8,10,13-14,23-26,31-33H2. The molecule has 1 saturated heterocycles. The smallest absolute Gasteiger partial charge is 0.416 e. The molecule has 0 spiro atoms. The SMILES string of the molecule is C=CCOC12Oc3ccc(Oc4cccc([N+](=O)[O-])c4)cc3C3C(CCCCO)C(CCCCO)C=C(C(=NOC4CCCCO4)CC1N(Cc1ccc4c(c1)OCO4)C(=O)Oc1ccc([N+](=O)[O-])cc1)C32. The molecule has 0 aromatic heterocycles. The van der Waals surface area contributed by atoms with Crippen LogP contribution < -0.4 is 23.7 Å². The van der Waals surface area contributed by atoms with Crippen molar-refractivity contribution < 1.29 is 62.8 Å². The maximum absolute atomic E-state index is 15.3. The van der Waals surface area contributed by atoms with Gasteiger partial charge in [0.1, 0.15) is 29.0 Å². The minimum absolute atomic E-state index is 0.00445. The van der Waals surface area contributed by atoms with Crippen LogP contribution in [0.3, 0.4) is 0 Å². The number of unbranched alkanes of at least 4 members (excludes halogenated alkanes) is 2. The predicted molar refractivity (Wildman–Crippen MR) is 260 cm³/mol. The first-order chi connectivity index (χ1) is 35.1. The number of nitro benzene ring substituents is 2. The lowest BCUT2D eigenvalue weighted by Gasteiger charge is -2.59. The van der Waals surface area contributed by atoms with E-state index in [0.717, 1.165) is 30.4 Å². The molecule has 4 aromatic rings. The van der Waals surface area contributed by atoms with Gasteiger partial charge in [0.2, 0.25) is 18.9 Å². The van der Waals surface area contributed by atoms with Crippen molar-refractivity contribution in [3.8, 4) is 34.5 Å². The van der Waals surface area contributed by atoms with Crippen LogP contribution in [0.5, 0.6) is 34.5 Å². The van der Waals surface area contributed by atoms with Crippen molar-refractivity contribution in [2.45, 2.75) is 94.8 Å². The lowest BCUT2D eigenvalue weighted by atomic mass is 9.55. The fourth-order valence-electron chi connectivity index (χ4n) is 10.8. The van der Waals surface area contributed by atoms with Crippen molar-refractivity contribution in [1.29, 1.82) is 0 Å². The molecular weight excluding hydrogens is 933 g/mol. The van der Waals surface area contributed by atoms with Gasteiger partial charge in [-0.05, 0) is 110 Å². The zero-order chi connectivity index (χ0) is 50.2. The fourth-order valence-corrected chi connectivity index (χ4v) is 10.8. The number of oxime groups is 1. The summed E-state index contributed by atoms with van der Waals surface area (Å²) in [5.74, 6) is -0.889. The van der Waals surface area contributed by atoms with Crippen molar-refractivity contribution in [2.75, 3.05) is 33.2 Å². The number of non-ortho nitro benzene ring substituents is 2. The number of benzene rings is 4. The molecule has 72 heavy (non-hydrogen) atoms. The molecule has 7 atom stereocenters. The van der Waals surface area contributed by atoms with E-state index in [4.69, 9.17) is 43.2 Å². The van der Waals surface area contributed by atoms with Gasteiger partial charge in [-0.1, -0.05) is 42.3 Å². The zero-order valence-corrected chi connectivity index (χ0v) is 39.7. The number of aliphatic hydroxyl groups excluding tert-OH is 2. The molecule has 1 amide bonds. The van der Waals surface area contributed by atoms with E-state index in [9.17, 15) is 30.4 Å². The minimum Gasteiger partial charge on any atom is -0.459 e. The van der Waals surface area contributed by atoms with Crippen molar-refractivity contribution in [3.05, 3.63) is 141 Å². The highest BCUT2D eigenvalue weighted by molar-refractivity contribution is 6.03. The average molecular weight is 991 g/mol. The first-order valence-electron chi connectivity index (χ1n) is 24.5. The summed E-state index contributed by atoms with van der Waals surface area (Å²) in [5, 5.41) is 48.4. The van der Waals surface area contributed by atoms with Crippen LogP contribution in [0, 0.1) is 38.0 Å². The Morgan fingerprint density at radius 1 is 0.861 bits per heavy atom. The number of hydrogen-bond donors (Lipinski definition) is 2. The van der Waals surface area contributed by atoms with Crippen molar-refractivity contribution in [3.63, 3.8) is 0 Å². The highest BCUT2D eigenvalue weighted by Gasteiger charge is 2.66. The van der Waals surface area contributed by atoms with Crippen LogP contribution in [0.25, 0.3) is 0 Å². The van der Waals surface area contributed by atoms with Gasteiger partial charge in [-0.25, -0.2) is 4.79 Å². The quantitative estimate of drug-likeness (QED) is 0.0342. The number of nitro groups is 2. The molecule has 5 aliphatic rings. The Morgan fingerprint density at radius 3 is 2.36 bits per heavy atom. The van der Waals surface area contributed by atoms with Gasteiger partial charge in [-0.2, -0.15) is 0 Å². The number of amides is 1. The largest absolute Gasteiger partial charge is 0.459 e. The summed E-state index contributed by atoms with van der Waals surface area (Å²) < 4.78 is 44.4. The van der Waals surface area contributed by atoms with Crippen LogP contribution in [0.2, 0.25) is 0 Å². The average Bonchev–Trinajstić information content (AvgIpc) is 3.87. The maximum atomic E-state index is 15.3. The number of aliphatic hydroxyl groups is 2. The summed E-state index contributed by atoms with van der Waals surface area (Å²) in [5.41, 5.74) is 2.41. The van der Waals surface area contributed by atoms with E-state index in [1.165, 1.54) is 41.3 Å². The Kier molecular flexibility index (Phi) is 15.6. The molecule has 2 N–H and O–H groups in total. The van der Waals surface area contributed by atoms with Crippen molar-refractivity contribution in [2.24, 2.45) is 22.9 Å². The fraction of sp³-hybridized carbons (Fsp3) is 0.434. The number of ether oxygens (including phenoxy) is 7. The molecule has 3 aliphatic heterocycles. The molecule has 19 heteroatoms. The van der Waals surface area contributed by atoms with Crippen LogP contribution in [-0.2, 0) is 20.9 Å². The van der Waals surface area contributed by atoms with E-state index in [1.807, 2.05) is 12.1 Å². The number of nitrogens with zero attached hydrogens (tertiary/aromatic N) is 4. The first-order valence-corrected chi connectivity index (χ1v) is 24.5. The molecule has 2 fully saturated rings. The number of allylic oxidation sites excluding steroid dienone is 1.